The standard InChI is InChI=1S/C56H84N6O7S/c1-7-10-12-14-16-18-20-21-23-25-27-31-41-69-56(65)45-34-37-51(68-5)50(43-45)60-54(63)52(58-48-36-35-46(42-44(48)4)61(9-3)40-38-57-70(6,66)67)53-59-49-33-29-28-32-47(49)55(64)62(53)39-30-26-24-22-19-17-15-13-11-8-2/h28-29,32-37,42-43,57H,7-27,30-31,38-41H2,1-6H3,(H,60,63). The molecular weight excluding hydrogens is 901 g/mol. The molecule has 0 aliphatic heterocycles. The summed E-state index contributed by atoms with van der Waals surface area (Å²) in [6.07, 6.45) is 27.0. The van der Waals surface area contributed by atoms with Crippen molar-refractivity contribution in [1.29, 1.82) is 0 Å². The van der Waals surface area contributed by atoms with E-state index in [1.807, 2.05) is 49.1 Å². The number of nitrogens with one attached hydrogen (secondary N) is 2. The van der Waals surface area contributed by atoms with E-state index in [1.165, 1.54) is 103 Å². The lowest BCUT2D eigenvalue weighted by Gasteiger charge is -2.24. The molecular formula is C56H84N6O7S. The van der Waals surface area contributed by atoms with Crippen molar-refractivity contribution < 1.29 is 27.5 Å². The smallest absolute Gasteiger partial charge is 0.338 e. The van der Waals surface area contributed by atoms with Crippen LogP contribution in [0, 0.1) is 6.92 Å². The minimum absolute atomic E-state index is 0.0857. The Hall–Kier alpha value is -5.08. The number of sulfonamides is 1. The molecule has 0 aliphatic carbocycles. The highest BCUT2D eigenvalue weighted by molar-refractivity contribution is 7.88. The van der Waals surface area contributed by atoms with Gasteiger partial charge >= 0.3 is 5.97 Å². The Morgan fingerprint density at radius 1 is 0.743 bits per heavy atom. The SMILES string of the molecule is CCCCCCCCCCCCCCOC(=O)c1ccc(OC)c(NC(=O)C(=Nc2ccc(N(CC)CCNS(C)(=O)=O)cc2C)c2nc3ccccc3c(=O)n2CCCCCCCCCCCC)c1. The Morgan fingerprint density at radius 3 is 1.90 bits per heavy atom. The van der Waals surface area contributed by atoms with Crippen molar-refractivity contribution in [3.8, 4) is 5.75 Å². The Kier molecular flexibility index (Phi) is 26.3. The molecule has 4 rings (SSSR count). The molecule has 386 valence electrons. The second-order valence-electron chi connectivity index (χ2n) is 18.7. The van der Waals surface area contributed by atoms with E-state index in [9.17, 15) is 22.8 Å². The van der Waals surface area contributed by atoms with Gasteiger partial charge in [0.25, 0.3) is 11.5 Å². The number of likely N-dealkylation sites (N-methyl/N-ethyl adjacent to an activating group) is 1. The summed E-state index contributed by atoms with van der Waals surface area (Å²) in [5.74, 6) is -0.699. The summed E-state index contributed by atoms with van der Waals surface area (Å²) < 4.78 is 39.0. The number of esters is 1. The van der Waals surface area contributed by atoms with Crippen molar-refractivity contribution in [3.05, 3.63) is 88.0 Å². The topological polar surface area (TPSA) is 161 Å². The van der Waals surface area contributed by atoms with Crippen LogP contribution in [0.5, 0.6) is 5.75 Å². The lowest BCUT2D eigenvalue weighted by Crippen LogP contribution is -2.34. The van der Waals surface area contributed by atoms with E-state index < -0.39 is 21.9 Å². The summed E-state index contributed by atoms with van der Waals surface area (Å²) in [5.41, 5.74) is 2.66. The third kappa shape index (κ3) is 20.0. The van der Waals surface area contributed by atoms with Gasteiger partial charge in [0.2, 0.25) is 10.0 Å². The number of nitrogens with zero attached hydrogens (tertiary/aromatic N) is 4. The average molecular weight is 985 g/mol. The van der Waals surface area contributed by atoms with E-state index in [0.29, 0.717) is 55.0 Å². The van der Waals surface area contributed by atoms with Gasteiger partial charge in [-0.3, -0.25) is 14.2 Å². The first-order valence-corrected chi connectivity index (χ1v) is 28.3. The van der Waals surface area contributed by atoms with Gasteiger partial charge in [-0.25, -0.2) is 27.9 Å². The van der Waals surface area contributed by atoms with Gasteiger partial charge < -0.3 is 19.7 Å². The second-order valence-corrected chi connectivity index (χ2v) is 20.5. The number of aromatic nitrogens is 2. The van der Waals surface area contributed by atoms with Crippen LogP contribution in [0.2, 0.25) is 0 Å². The lowest BCUT2D eigenvalue weighted by molar-refractivity contribution is -0.110. The predicted octanol–water partition coefficient (Wildman–Crippen LogP) is 12.6. The minimum Gasteiger partial charge on any atom is -0.495 e. The zero-order valence-electron chi connectivity index (χ0n) is 43.4. The summed E-state index contributed by atoms with van der Waals surface area (Å²) in [7, 11) is -1.86. The number of aliphatic imine (C=N–C) groups is 1. The summed E-state index contributed by atoms with van der Waals surface area (Å²) in [4.78, 5) is 54.7. The van der Waals surface area contributed by atoms with Crippen molar-refractivity contribution in [2.45, 2.75) is 175 Å². The van der Waals surface area contributed by atoms with Crippen molar-refractivity contribution in [2.75, 3.05) is 49.8 Å². The first kappa shape index (κ1) is 57.5. The number of rotatable bonds is 36. The number of hydrogen-bond acceptors (Lipinski definition) is 10. The minimum atomic E-state index is -3.35. The van der Waals surface area contributed by atoms with E-state index in [0.717, 1.165) is 56.0 Å². The van der Waals surface area contributed by atoms with Gasteiger partial charge in [-0.05, 0) is 80.8 Å². The Balaban J connectivity index is 1.60. The molecule has 1 amide bonds. The van der Waals surface area contributed by atoms with Crippen molar-refractivity contribution in [2.24, 2.45) is 4.99 Å². The molecule has 0 saturated carbocycles. The number of hydrogen-bond donors (Lipinski definition) is 2. The number of ether oxygens (including phenoxy) is 2. The van der Waals surface area contributed by atoms with Crippen LogP contribution in [0.15, 0.2) is 70.5 Å². The molecule has 1 heterocycles. The monoisotopic (exact) mass is 985 g/mol. The van der Waals surface area contributed by atoms with Gasteiger partial charge in [0, 0.05) is 31.9 Å². The number of unbranched alkanes of at least 4 members (excludes halogenated alkanes) is 20. The molecule has 13 nitrogen and oxygen atoms in total. The second kappa shape index (κ2) is 32.0. The zero-order valence-corrected chi connectivity index (χ0v) is 44.2. The van der Waals surface area contributed by atoms with Crippen LogP contribution in [-0.2, 0) is 26.1 Å². The molecule has 0 radical (unpaired) electrons. The molecule has 2 N–H and O–H groups in total. The molecule has 70 heavy (non-hydrogen) atoms. The Bertz CT molecular complexity index is 2420. The van der Waals surface area contributed by atoms with Crippen LogP contribution >= 0.6 is 0 Å². The van der Waals surface area contributed by atoms with Crippen LogP contribution in [0.1, 0.15) is 184 Å². The Labute approximate surface area is 419 Å². The van der Waals surface area contributed by atoms with Crippen LogP contribution in [0.3, 0.4) is 0 Å². The third-order valence-electron chi connectivity index (χ3n) is 12.8. The maximum absolute atomic E-state index is 14.9. The zero-order chi connectivity index (χ0) is 50.6. The Morgan fingerprint density at radius 2 is 1.33 bits per heavy atom. The summed E-state index contributed by atoms with van der Waals surface area (Å²) in [5, 5.41) is 3.41. The molecule has 3 aromatic carbocycles. The number of methoxy groups -OCH3 is 1. The number of para-hydroxylation sites is 1. The largest absolute Gasteiger partial charge is 0.495 e. The molecule has 0 saturated heterocycles. The number of anilines is 2. The maximum atomic E-state index is 14.9. The van der Waals surface area contributed by atoms with E-state index in [4.69, 9.17) is 19.5 Å². The van der Waals surface area contributed by atoms with Gasteiger partial charge in [-0.2, -0.15) is 0 Å². The van der Waals surface area contributed by atoms with Crippen molar-refractivity contribution in [3.63, 3.8) is 0 Å². The molecule has 0 bridgehead atoms. The van der Waals surface area contributed by atoms with Gasteiger partial charge in [-0.1, -0.05) is 154 Å². The van der Waals surface area contributed by atoms with E-state index >= 15 is 0 Å². The first-order chi connectivity index (χ1) is 33.9. The summed E-state index contributed by atoms with van der Waals surface area (Å²) in [6.45, 7) is 10.3. The molecule has 0 aliphatic rings. The molecule has 1 aromatic heterocycles. The highest BCUT2D eigenvalue weighted by Crippen LogP contribution is 2.29. The van der Waals surface area contributed by atoms with Crippen LogP contribution in [0.25, 0.3) is 10.9 Å². The van der Waals surface area contributed by atoms with E-state index in [1.54, 1.807) is 34.9 Å². The normalized spacial score (nSPS) is 11.8. The van der Waals surface area contributed by atoms with Gasteiger partial charge in [0.05, 0.1) is 47.8 Å². The number of carbonyl (C=O) groups is 2. The first-order valence-electron chi connectivity index (χ1n) is 26.5. The highest BCUT2D eigenvalue weighted by Gasteiger charge is 2.25. The van der Waals surface area contributed by atoms with Crippen molar-refractivity contribution in [1.82, 2.24) is 14.3 Å². The van der Waals surface area contributed by atoms with E-state index in [2.05, 4.69) is 23.9 Å². The third-order valence-corrected chi connectivity index (χ3v) is 13.6. The molecule has 4 aromatic rings. The molecule has 0 fully saturated rings. The van der Waals surface area contributed by atoms with Gasteiger partial charge in [0.15, 0.2) is 11.5 Å². The van der Waals surface area contributed by atoms with Crippen molar-refractivity contribution >= 4 is 55.6 Å². The van der Waals surface area contributed by atoms with Gasteiger partial charge in [-0.15, -0.1) is 0 Å². The molecule has 0 spiro atoms. The average Bonchev–Trinajstić information content (AvgIpc) is 3.34. The lowest BCUT2D eigenvalue weighted by atomic mass is 10.1. The fraction of sp³-hybridized carbons (Fsp3) is 0.589. The molecule has 14 heteroatoms. The number of benzene rings is 3. The van der Waals surface area contributed by atoms with Crippen LogP contribution in [0.4, 0.5) is 17.1 Å². The fourth-order valence-corrected chi connectivity index (χ4v) is 9.20. The number of amides is 1. The predicted molar refractivity (Wildman–Crippen MR) is 289 cm³/mol. The van der Waals surface area contributed by atoms with Crippen LogP contribution < -0.4 is 25.2 Å². The summed E-state index contributed by atoms with van der Waals surface area (Å²) in [6, 6.07) is 17.5. The number of aryl methyl sites for hydroxylation is 1. The number of carbonyl (C=O) groups excluding carboxylic acids is 2. The van der Waals surface area contributed by atoms with Gasteiger partial charge in [0.1, 0.15) is 5.75 Å². The quantitative estimate of drug-likeness (QED) is 0.0257. The highest BCUT2D eigenvalue weighted by atomic mass is 32.2. The van der Waals surface area contributed by atoms with Crippen LogP contribution in [-0.4, -0.2) is 75.2 Å². The maximum Gasteiger partial charge on any atom is 0.338 e. The molecule has 0 atom stereocenters. The number of fused-ring (bicyclic) bond motifs is 1. The fourth-order valence-electron chi connectivity index (χ4n) is 8.74. The summed E-state index contributed by atoms with van der Waals surface area (Å²) >= 11 is 0. The van der Waals surface area contributed by atoms with E-state index in [-0.39, 0.29) is 34.9 Å². The molecule has 0 unspecified atom stereocenters.